The first-order chi connectivity index (χ1) is 12.2. The lowest BCUT2D eigenvalue weighted by molar-refractivity contribution is 0.122. The van der Waals surface area contributed by atoms with Gasteiger partial charge in [-0.25, -0.2) is 0 Å². The maximum atomic E-state index is 5.45. The fourth-order valence-corrected chi connectivity index (χ4v) is 3.24. The van der Waals surface area contributed by atoms with Crippen LogP contribution in [0.25, 0.3) is 11.0 Å². The van der Waals surface area contributed by atoms with Crippen LogP contribution in [0.4, 0.5) is 11.8 Å². The van der Waals surface area contributed by atoms with Crippen molar-refractivity contribution in [3.8, 4) is 0 Å². The molecule has 4 rings (SSSR count). The Bertz CT molecular complexity index is 855. The molecule has 1 aliphatic heterocycles. The first-order valence-corrected chi connectivity index (χ1v) is 8.66. The van der Waals surface area contributed by atoms with E-state index in [0.717, 1.165) is 61.3 Å². The van der Waals surface area contributed by atoms with Crippen LogP contribution in [0, 0.1) is 6.92 Å². The van der Waals surface area contributed by atoms with E-state index in [1.807, 2.05) is 6.07 Å². The minimum atomic E-state index is 0.723. The maximum absolute atomic E-state index is 5.45. The fourth-order valence-electron chi connectivity index (χ4n) is 3.24. The Morgan fingerprint density at radius 3 is 2.68 bits per heavy atom. The number of H-pyrrole nitrogens is 1. The zero-order valence-electron chi connectivity index (χ0n) is 14.7. The van der Waals surface area contributed by atoms with Crippen LogP contribution in [-0.4, -0.2) is 48.3 Å². The van der Waals surface area contributed by atoms with Crippen LogP contribution in [0.3, 0.4) is 0 Å². The molecular weight excluding hydrogens is 314 g/mol. The highest BCUT2D eigenvalue weighted by Gasteiger charge is 2.19. The van der Waals surface area contributed by atoms with E-state index in [2.05, 4.69) is 59.1 Å². The average molecular weight is 337 g/mol. The summed E-state index contributed by atoms with van der Waals surface area (Å²) in [6, 6.07) is 12.6. The second kappa shape index (κ2) is 6.72. The summed E-state index contributed by atoms with van der Waals surface area (Å²) in [5, 5.41) is 1.06. The van der Waals surface area contributed by atoms with E-state index in [0.29, 0.717) is 0 Å². The van der Waals surface area contributed by atoms with E-state index in [1.54, 1.807) is 0 Å². The second-order valence-corrected chi connectivity index (χ2v) is 6.50. The Labute approximate surface area is 147 Å². The number of anilines is 2. The number of morpholine rings is 1. The third kappa shape index (κ3) is 3.30. The molecule has 1 fully saturated rings. The third-order valence-electron chi connectivity index (χ3n) is 4.51. The second-order valence-electron chi connectivity index (χ2n) is 6.50. The molecule has 0 saturated carbocycles. The molecule has 1 N–H and O–H groups in total. The van der Waals surface area contributed by atoms with Crippen molar-refractivity contribution >= 4 is 22.8 Å². The highest BCUT2D eigenvalue weighted by molar-refractivity contribution is 5.89. The van der Waals surface area contributed by atoms with Crippen molar-refractivity contribution in [2.45, 2.75) is 13.5 Å². The molecule has 0 atom stereocenters. The van der Waals surface area contributed by atoms with Crippen LogP contribution in [0.15, 0.2) is 36.4 Å². The van der Waals surface area contributed by atoms with Gasteiger partial charge in [0.1, 0.15) is 11.5 Å². The first kappa shape index (κ1) is 15.9. The molecule has 6 nitrogen and oxygen atoms in total. The Hall–Kier alpha value is -2.60. The summed E-state index contributed by atoms with van der Waals surface area (Å²) in [7, 11) is 2.08. The van der Waals surface area contributed by atoms with Gasteiger partial charge in [0.15, 0.2) is 0 Å². The van der Waals surface area contributed by atoms with E-state index >= 15 is 0 Å². The van der Waals surface area contributed by atoms with Crippen molar-refractivity contribution < 1.29 is 4.74 Å². The number of ether oxygens (including phenoxy) is 1. The molecule has 25 heavy (non-hydrogen) atoms. The molecule has 3 aromatic rings. The number of fused-ring (bicyclic) bond motifs is 1. The quantitative estimate of drug-likeness (QED) is 0.793. The van der Waals surface area contributed by atoms with Crippen molar-refractivity contribution in [1.82, 2.24) is 15.0 Å². The number of rotatable bonds is 4. The summed E-state index contributed by atoms with van der Waals surface area (Å²) < 4.78 is 5.45. The van der Waals surface area contributed by atoms with Gasteiger partial charge >= 0.3 is 0 Å². The maximum Gasteiger partial charge on any atom is 0.229 e. The van der Waals surface area contributed by atoms with Crippen LogP contribution in [-0.2, 0) is 11.3 Å². The molecule has 130 valence electrons. The lowest BCUT2D eigenvalue weighted by atomic mass is 10.2. The largest absolute Gasteiger partial charge is 0.378 e. The summed E-state index contributed by atoms with van der Waals surface area (Å²) in [5.74, 6) is 1.73. The molecule has 0 aliphatic carbocycles. The van der Waals surface area contributed by atoms with Gasteiger partial charge in [-0.15, -0.1) is 0 Å². The van der Waals surface area contributed by atoms with Crippen molar-refractivity contribution in [3.05, 3.63) is 47.7 Å². The number of nitrogens with one attached hydrogen (secondary N) is 1. The smallest absolute Gasteiger partial charge is 0.229 e. The molecule has 0 bridgehead atoms. The Kier molecular flexibility index (Phi) is 4.28. The summed E-state index contributed by atoms with van der Waals surface area (Å²) in [4.78, 5) is 17.4. The minimum absolute atomic E-state index is 0.723. The highest BCUT2D eigenvalue weighted by atomic mass is 16.5. The normalized spacial score (nSPS) is 14.9. The number of aromatic amines is 1. The van der Waals surface area contributed by atoms with Crippen LogP contribution in [0.1, 0.15) is 11.3 Å². The third-order valence-corrected chi connectivity index (χ3v) is 4.51. The monoisotopic (exact) mass is 337 g/mol. The number of hydrogen-bond donors (Lipinski definition) is 1. The molecule has 0 unspecified atom stereocenters. The van der Waals surface area contributed by atoms with Crippen LogP contribution < -0.4 is 9.80 Å². The van der Waals surface area contributed by atoms with Gasteiger partial charge in [0, 0.05) is 32.4 Å². The van der Waals surface area contributed by atoms with Crippen LogP contribution >= 0.6 is 0 Å². The molecular formula is C19H23N5O. The topological polar surface area (TPSA) is 57.3 Å². The van der Waals surface area contributed by atoms with Crippen LogP contribution in [0.5, 0.6) is 0 Å². The molecule has 3 heterocycles. The van der Waals surface area contributed by atoms with Crippen LogP contribution in [0.2, 0.25) is 0 Å². The minimum Gasteiger partial charge on any atom is -0.378 e. The Balaban J connectivity index is 1.72. The molecule has 0 radical (unpaired) electrons. The van der Waals surface area contributed by atoms with Gasteiger partial charge in [0.2, 0.25) is 5.95 Å². The average Bonchev–Trinajstić information content (AvgIpc) is 3.02. The van der Waals surface area contributed by atoms with E-state index in [4.69, 9.17) is 14.7 Å². The van der Waals surface area contributed by atoms with Crippen molar-refractivity contribution in [2.24, 2.45) is 0 Å². The zero-order chi connectivity index (χ0) is 17.2. The molecule has 2 aromatic heterocycles. The SMILES string of the molecule is Cc1cc2c(N(C)Cc3ccccc3)nc(N3CCOCC3)nc2[nH]1. The summed E-state index contributed by atoms with van der Waals surface area (Å²) in [5.41, 5.74) is 3.25. The molecule has 0 spiro atoms. The predicted octanol–water partition coefficient (Wildman–Crippen LogP) is 2.74. The fraction of sp³-hybridized carbons (Fsp3) is 0.368. The van der Waals surface area contributed by atoms with E-state index < -0.39 is 0 Å². The van der Waals surface area contributed by atoms with E-state index in [1.165, 1.54) is 5.56 Å². The first-order valence-electron chi connectivity index (χ1n) is 8.66. The van der Waals surface area contributed by atoms with Crippen molar-refractivity contribution in [2.75, 3.05) is 43.2 Å². The van der Waals surface area contributed by atoms with Gasteiger partial charge in [-0.1, -0.05) is 30.3 Å². The lowest BCUT2D eigenvalue weighted by Crippen LogP contribution is -2.37. The molecule has 1 aliphatic rings. The highest BCUT2D eigenvalue weighted by Crippen LogP contribution is 2.28. The predicted molar refractivity (Wildman–Crippen MR) is 100 cm³/mol. The lowest BCUT2D eigenvalue weighted by Gasteiger charge is -2.28. The van der Waals surface area contributed by atoms with E-state index in [-0.39, 0.29) is 0 Å². The van der Waals surface area contributed by atoms with Gasteiger partial charge in [0.25, 0.3) is 0 Å². The van der Waals surface area contributed by atoms with Gasteiger partial charge in [-0.2, -0.15) is 9.97 Å². The molecule has 0 amide bonds. The van der Waals surface area contributed by atoms with Gasteiger partial charge in [-0.3, -0.25) is 0 Å². The van der Waals surface area contributed by atoms with Gasteiger partial charge in [-0.05, 0) is 18.6 Å². The number of nitrogens with zero attached hydrogens (tertiary/aromatic N) is 4. The molecule has 1 aromatic carbocycles. The Morgan fingerprint density at radius 2 is 1.92 bits per heavy atom. The Morgan fingerprint density at radius 1 is 1.16 bits per heavy atom. The molecule has 1 saturated heterocycles. The number of hydrogen-bond acceptors (Lipinski definition) is 5. The number of benzene rings is 1. The molecule has 6 heteroatoms. The van der Waals surface area contributed by atoms with E-state index in [9.17, 15) is 0 Å². The zero-order valence-corrected chi connectivity index (χ0v) is 14.7. The standard InChI is InChI=1S/C19H23N5O/c1-14-12-16-17(20-14)21-19(24-8-10-25-11-9-24)22-18(16)23(2)13-15-6-4-3-5-7-15/h3-7,12H,8-11,13H2,1-2H3,(H,20,21,22). The summed E-state index contributed by atoms with van der Waals surface area (Å²) >= 11 is 0. The number of aryl methyl sites for hydroxylation is 1. The van der Waals surface area contributed by atoms with Gasteiger partial charge in [0.05, 0.1) is 18.6 Å². The number of aromatic nitrogens is 3. The van der Waals surface area contributed by atoms with Crippen molar-refractivity contribution in [1.29, 1.82) is 0 Å². The summed E-state index contributed by atoms with van der Waals surface area (Å²) in [6.07, 6.45) is 0. The van der Waals surface area contributed by atoms with Gasteiger partial charge < -0.3 is 19.5 Å². The summed E-state index contributed by atoms with van der Waals surface area (Å²) in [6.45, 7) is 5.96. The van der Waals surface area contributed by atoms with Crippen molar-refractivity contribution in [3.63, 3.8) is 0 Å².